The third-order valence-corrected chi connectivity index (χ3v) is 6.88. The van der Waals surface area contributed by atoms with Crippen molar-refractivity contribution in [3.8, 4) is 0 Å². The SMILES string of the molecule is C[C@H](C(=O)N1C(=O)O[C@H](c2ccccc2)[C@@H]1C)[C@@H]1OC(=CCCOC[C@@H](CO)OCc2ccccc2)C=CC1=O. The molecule has 2 aliphatic rings. The van der Waals surface area contributed by atoms with Crippen LogP contribution in [-0.4, -0.2) is 65.9 Å². The van der Waals surface area contributed by atoms with Crippen LogP contribution in [0.5, 0.6) is 0 Å². The Kier molecular flexibility index (Phi) is 10.2. The minimum atomic E-state index is -1.06. The Hall–Kier alpha value is -3.79. The summed E-state index contributed by atoms with van der Waals surface area (Å²) in [5.41, 5.74) is 1.80. The fourth-order valence-electron chi connectivity index (χ4n) is 4.60. The third kappa shape index (κ3) is 7.24. The van der Waals surface area contributed by atoms with E-state index in [-0.39, 0.29) is 19.0 Å². The van der Waals surface area contributed by atoms with E-state index in [2.05, 4.69) is 0 Å². The number of benzene rings is 2. The standard InChI is InChI=1S/C31H35NO8/c1-21(30(35)32-22(2)29(40-31(32)36)24-12-7-4-8-13-24)28-27(34)16-15-25(39-28)14-9-17-37-20-26(18-33)38-19-23-10-5-3-6-11-23/h3-8,10-16,21-22,26,28-29,33H,9,17-20H2,1-2H3/t21-,22-,26+,28-,29-/m0/s1. The Morgan fingerprint density at radius 1 is 1.05 bits per heavy atom. The van der Waals surface area contributed by atoms with Crippen molar-refractivity contribution in [1.29, 1.82) is 0 Å². The Balaban J connectivity index is 1.26. The number of carbonyl (C=O) groups excluding carboxylic acids is 3. The lowest BCUT2D eigenvalue weighted by Gasteiger charge is -2.28. The average molecular weight is 550 g/mol. The molecule has 9 heteroatoms. The number of hydrogen-bond donors (Lipinski definition) is 1. The number of amides is 2. The minimum Gasteiger partial charge on any atom is -0.482 e. The van der Waals surface area contributed by atoms with Crippen molar-refractivity contribution in [3.63, 3.8) is 0 Å². The van der Waals surface area contributed by atoms with Crippen molar-refractivity contribution in [2.24, 2.45) is 5.92 Å². The van der Waals surface area contributed by atoms with E-state index < -0.39 is 42.3 Å². The largest absolute Gasteiger partial charge is 0.482 e. The zero-order valence-electron chi connectivity index (χ0n) is 22.7. The van der Waals surface area contributed by atoms with E-state index in [1.54, 1.807) is 26.0 Å². The van der Waals surface area contributed by atoms with Crippen LogP contribution in [0, 0.1) is 5.92 Å². The van der Waals surface area contributed by atoms with Gasteiger partial charge in [0.15, 0.2) is 11.9 Å². The van der Waals surface area contributed by atoms with Crippen LogP contribution in [0.3, 0.4) is 0 Å². The summed E-state index contributed by atoms with van der Waals surface area (Å²) in [6.45, 7) is 4.11. The van der Waals surface area contributed by atoms with Gasteiger partial charge in [-0.2, -0.15) is 0 Å². The van der Waals surface area contributed by atoms with Crippen LogP contribution in [-0.2, 0) is 35.1 Å². The molecule has 5 atom stereocenters. The molecule has 0 aliphatic carbocycles. The first-order chi connectivity index (χ1) is 19.4. The number of allylic oxidation sites excluding steroid dienone is 1. The molecule has 0 aromatic heterocycles. The zero-order chi connectivity index (χ0) is 28.5. The minimum absolute atomic E-state index is 0.162. The van der Waals surface area contributed by atoms with Gasteiger partial charge in [0.1, 0.15) is 18.0 Å². The van der Waals surface area contributed by atoms with E-state index in [4.69, 9.17) is 18.9 Å². The van der Waals surface area contributed by atoms with Crippen LogP contribution in [0.25, 0.3) is 0 Å². The maximum absolute atomic E-state index is 13.3. The topological polar surface area (TPSA) is 112 Å². The molecule has 0 radical (unpaired) electrons. The lowest BCUT2D eigenvalue weighted by molar-refractivity contribution is -0.142. The van der Waals surface area contributed by atoms with Gasteiger partial charge in [0, 0.05) is 0 Å². The molecule has 0 spiro atoms. The molecule has 1 N–H and O–H groups in total. The normalized spacial score (nSPS) is 23.1. The van der Waals surface area contributed by atoms with Gasteiger partial charge in [0.05, 0.1) is 38.4 Å². The monoisotopic (exact) mass is 549 g/mol. The molecule has 40 heavy (non-hydrogen) atoms. The van der Waals surface area contributed by atoms with Gasteiger partial charge < -0.3 is 24.1 Å². The molecule has 2 aromatic carbocycles. The maximum Gasteiger partial charge on any atom is 0.417 e. The van der Waals surface area contributed by atoms with E-state index in [0.717, 1.165) is 16.0 Å². The van der Waals surface area contributed by atoms with Gasteiger partial charge in [-0.15, -0.1) is 0 Å². The first-order valence-electron chi connectivity index (χ1n) is 13.4. The zero-order valence-corrected chi connectivity index (χ0v) is 22.7. The molecular formula is C31H35NO8. The molecule has 9 nitrogen and oxygen atoms in total. The summed E-state index contributed by atoms with van der Waals surface area (Å²) >= 11 is 0. The van der Waals surface area contributed by atoms with Crippen molar-refractivity contribution in [3.05, 3.63) is 95.8 Å². The number of hydrogen-bond acceptors (Lipinski definition) is 8. The molecular weight excluding hydrogens is 514 g/mol. The number of rotatable bonds is 12. The number of ether oxygens (including phenoxy) is 4. The molecule has 2 heterocycles. The smallest absolute Gasteiger partial charge is 0.417 e. The van der Waals surface area contributed by atoms with Crippen LogP contribution in [0.15, 0.2) is 84.7 Å². The van der Waals surface area contributed by atoms with E-state index in [1.807, 2.05) is 60.7 Å². The molecule has 0 bridgehead atoms. The first-order valence-corrected chi connectivity index (χ1v) is 13.4. The number of ketones is 1. The van der Waals surface area contributed by atoms with E-state index in [0.29, 0.717) is 25.4 Å². The number of carbonyl (C=O) groups is 3. The van der Waals surface area contributed by atoms with Gasteiger partial charge in [-0.05, 0) is 49.6 Å². The number of imide groups is 1. The molecule has 2 aromatic rings. The van der Waals surface area contributed by atoms with Crippen LogP contribution in [0.1, 0.15) is 37.5 Å². The highest BCUT2D eigenvalue weighted by Crippen LogP contribution is 2.34. The second kappa shape index (κ2) is 14.0. The molecule has 1 saturated heterocycles. The van der Waals surface area contributed by atoms with Crippen molar-refractivity contribution < 1.29 is 38.4 Å². The summed E-state index contributed by atoms with van der Waals surface area (Å²) in [6.07, 6.45) is 2.34. The lowest BCUT2D eigenvalue weighted by Crippen LogP contribution is -2.47. The first kappa shape index (κ1) is 29.2. The highest BCUT2D eigenvalue weighted by Gasteiger charge is 2.47. The van der Waals surface area contributed by atoms with Crippen molar-refractivity contribution >= 4 is 17.8 Å². The number of aliphatic hydroxyl groups excluding tert-OH is 1. The lowest BCUT2D eigenvalue weighted by atomic mass is 9.95. The van der Waals surface area contributed by atoms with Gasteiger partial charge in [-0.1, -0.05) is 60.7 Å². The average Bonchev–Trinajstić information content (AvgIpc) is 3.28. The van der Waals surface area contributed by atoms with Crippen LogP contribution in [0.4, 0.5) is 4.79 Å². The van der Waals surface area contributed by atoms with Crippen LogP contribution >= 0.6 is 0 Å². The van der Waals surface area contributed by atoms with Gasteiger partial charge in [-0.25, -0.2) is 9.69 Å². The number of aliphatic hydroxyl groups is 1. The van der Waals surface area contributed by atoms with Crippen LogP contribution in [0.2, 0.25) is 0 Å². The summed E-state index contributed by atoms with van der Waals surface area (Å²) in [6, 6.07) is 18.4. The van der Waals surface area contributed by atoms with Gasteiger partial charge >= 0.3 is 6.09 Å². The maximum atomic E-state index is 13.3. The van der Waals surface area contributed by atoms with Crippen molar-refractivity contribution in [2.75, 3.05) is 19.8 Å². The Morgan fingerprint density at radius 2 is 1.75 bits per heavy atom. The number of cyclic esters (lactones) is 1. The highest BCUT2D eigenvalue weighted by molar-refractivity contribution is 6.01. The molecule has 212 valence electrons. The van der Waals surface area contributed by atoms with Gasteiger partial charge in [-0.3, -0.25) is 9.59 Å². The van der Waals surface area contributed by atoms with Crippen LogP contribution < -0.4 is 0 Å². The van der Waals surface area contributed by atoms with Gasteiger partial charge in [0.2, 0.25) is 5.91 Å². The summed E-state index contributed by atoms with van der Waals surface area (Å²) in [7, 11) is 0. The van der Waals surface area contributed by atoms with E-state index in [1.165, 1.54) is 6.08 Å². The summed E-state index contributed by atoms with van der Waals surface area (Å²) in [5.74, 6) is -1.35. The van der Waals surface area contributed by atoms with Crippen molar-refractivity contribution in [1.82, 2.24) is 4.90 Å². The van der Waals surface area contributed by atoms with E-state index in [9.17, 15) is 19.5 Å². The highest BCUT2D eigenvalue weighted by atomic mass is 16.6. The van der Waals surface area contributed by atoms with Gasteiger partial charge in [0.25, 0.3) is 0 Å². The Morgan fingerprint density at radius 3 is 2.45 bits per heavy atom. The van der Waals surface area contributed by atoms with E-state index >= 15 is 0 Å². The fraction of sp³-hybridized carbons (Fsp3) is 0.387. The molecule has 2 amide bonds. The Labute approximate surface area is 234 Å². The molecule has 4 rings (SSSR count). The summed E-state index contributed by atoms with van der Waals surface area (Å²) in [5, 5.41) is 9.56. The molecule has 0 saturated carbocycles. The number of nitrogens with zero attached hydrogens (tertiary/aromatic N) is 1. The predicted molar refractivity (Wildman–Crippen MR) is 146 cm³/mol. The quantitative estimate of drug-likeness (QED) is 0.394. The second-order valence-electron chi connectivity index (χ2n) is 9.80. The molecule has 1 fully saturated rings. The second-order valence-corrected chi connectivity index (χ2v) is 9.80. The van der Waals surface area contributed by atoms with Crippen molar-refractivity contribution in [2.45, 2.75) is 51.2 Å². The summed E-state index contributed by atoms with van der Waals surface area (Å²) < 4.78 is 22.7. The Bertz CT molecular complexity index is 1210. The fourth-order valence-corrected chi connectivity index (χ4v) is 4.60. The summed E-state index contributed by atoms with van der Waals surface area (Å²) in [4.78, 5) is 39.6. The third-order valence-electron chi connectivity index (χ3n) is 6.88. The molecule has 0 unspecified atom stereocenters. The predicted octanol–water partition coefficient (Wildman–Crippen LogP) is 4.12. The molecule has 2 aliphatic heterocycles.